The van der Waals surface area contributed by atoms with Crippen LogP contribution < -0.4 is 0 Å². The molecule has 0 amide bonds. The van der Waals surface area contributed by atoms with Crippen LogP contribution in [-0.2, 0) is 4.79 Å². The lowest BCUT2D eigenvalue weighted by atomic mass is 10.4. The van der Waals surface area contributed by atoms with Crippen molar-refractivity contribution in [1.29, 1.82) is 0 Å². The number of carboxylic acid groups (broad SMARTS) is 1. The molecule has 5 heteroatoms. The van der Waals surface area contributed by atoms with Crippen molar-refractivity contribution in [3.63, 3.8) is 0 Å². The van der Waals surface area contributed by atoms with Gasteiger partial charge < -0.3 is 5.11 Å². The molecule has 0 fully saturated rings. The fraction of sp³-hybridized carbons (Fsp3) is 0.250. The third-order valence-corrected chi connectivity index (χ3v) is 3.68. The first-order valence-corrected chi connectivity index (χ1v) is 4.77. The summed E-state index contributed by atoms with van der Waals surface area (Å²) in [5.74, 6) is -0.869. The second-order valence-corrected chi connectivity index (χ2v) is 4.10. The maximum atomic E-state index is 10.3. The molecule has 0 spiro atoms. The summed E-state index contributed by atoms with van der Waals surface area (Å²) in [5.41, 5.74) is 0. The van der Waals surface area contributed by atoms with Crippen LogP contribution >= 0.6 is 33.2 Å². The Hall–Kier alpha value is 0.200. The highest BCUT2D eigenvalue weighted by molar-refractivity contribution is 8.78. The molecule has 0 bridgehead atoms. The van der Waals surface area contributed by atoms with Crippen LogP contribution in [0.15, 0.2) is 10.4 Å². The largest absolute Gasteiger partial charge is 0.480 e. The molecule has 0 saturated heterocycles. The van der Waals surface area contributed by atoms with Crippen LogP contribution in [-0.4, -0.2) is 16.3 Å². The fourth-order valence-electron chi connectivity index (χ4n) is 0.396. The normalized spacial score (nSPS) is 25.9. The molecule has 1 unspecified atom stereocenters. The first-order valence-electron chi connectivity index (χ1n) is 2.12. The molecule has 0 aromatic rings. The molecule has 1 aliphatic rings. The Bertz CT molecular complexity index is 168. The second kappa shape index (κ2) is 2.86. The molecule has 50 valence electrons. The lowest BCUT2D eigenvalue weighted by Gasteiger charge is -1.98. The van der Waals surface area contributed by atoms with Crippen molar-refractivity contribution in [2.45, 2.75) is 5.25 Å². The molecule has 0 aromatic carbocycles. The van der Waals surface area contributed by atoms with Gasteiger partial charge in [0.2, 0.25) is 0 Å². The van der Waals surface area contributed by atoms with E-state index >= 15 is 0 Å². The summed E-state index contributed by atoms with van der Waals surface area (Å²) >= 11 is 5.51. The first kappa shape index (κ1) is 7.31. The zero-order valence-electron chi connectivity index (χ0n) is 4.20. The minimum Gasteiger partial charge on any atom is -0.480 e. The van der Waals surface area contributed by atoms with Gasteiger partial charge in [0.05, 0.1) is 5.03 Å². The van der Waals surface area contributed by atoms with Gasteiger partial charge in [-0.05, 0) is 5.41 Å². The van der Waals surface area contributed by atoms with Gasteiger partial charge in [-0.1, -0.05) is 33.2 Å². The summed E-state index contributed by atoms with van der Waals surface area (Å²) in [6, 6.07) is 0. The van der Waals surface area contributed by atoms with Gasteiger partial charge in [0.15, 0.2) is 0 Å². The van der Waals surface area contributed by atoms with Gasteiger partial charge in [0.25, 0.3) is 0 Å². The third-order valence-electron chi connectivity index (χ3n) is 0.787. The van der Waals surface area contributed by atoms with E-state index < -0.39 is 11.2 Å². The van der Waals surface area contributed by atoms with Crippen LogP contribution in [0, 0.1) is 0 Å². The predicted molar refractivity (Wildman–Crippen MR) is 40.5 cm³/mol. The Balaban J connectivity index is 2.63. The van der Waals surface area contributed by atoms with E-state index in [0.717, 1.165) is 0 Å². The van der Waals surface area contributed by atoms with Crippen LogP contribution in [0.4, 0.5) is 0 Å². The van der Waals surface area contributed by atoms with Gasteiger partial charge >= 0.3 is 5.97 Å². The van der Waals surface area contributed by atoms with E-state index in [9.17, 15) is 4.79 Å². The van der Waals surface area contributed by atoms with Crippen LogP contribution in [0.2, 0.25) is 0 Å². The number of hydrogen-bond acceptors (Lipinski definition) is 3. The SMILES string of the molecule is O=C(O)C1SSC=C1Cl. The van der Waals surface area contributed by atoms with Gasteiger partial charge in [-0.15, -0.1) is 0 Å². The summed E-state index contributed by atoms with van der Waals surface area (Å²) in [5, 5.41) is 9.94. The minimum atomic E-state index is -0.869. The molecule has 0 radical (unpaired) electrons. The number of halogens is 1. The van der Waals surface area contributed by atoms with E-state index in [0.29, 0.717) is 5.03 Å². The number of carbonyl (C=O) groups is 1. The highest BCUT2D eigenvalue weighted by atomic mass is 35.5. The first-order chi connectivity index (χ1) is 4.22. The molecule has 1 N–H and O–H groups in total. The van der Waals surface area contributed by atoms with Gasteiger partial charge in [-0.2, -0.15) is 0 Å². The van der Waals surface area contributed by atoms with Gasteiger partial charge in [-0.25, -0.2) is 0 Å². The Morgan fingerprint density at radius 1 is 1.89 bits per heavy atom. The zero-order valence-corrected chi connectivity index (χ0v) is 6.59. The summed E-state index contributed by atoms with van der Waals surface area (Å²) < 4.78 is 0. The summed E-state index contributed by atoms with van der Waals surface area (Å²) in [7, 11) is 2.61. The maximum absolute atomic E-state index is 10.3. The van der Waals surface area contributed by atoms with E-state index in [1.165, 1.54) is 21.6 Å². The second-order valence-electron chi connectivity index (χ2n) is 1.41. The average molecular weight is 183 g/mol. The lowest BCUT2D eigenvalue weighted by molar-refractivity contribution is -0.135. The molecule has 2 nitrogen and oxygen atoms in total. The van der Waals surface area contributed by atoms with E-state index in [2.05, 4.69) is 0 Å². The predicted octanol–water partition coefficient (Wildman–Crippen LogP) is 1.91. The Morgan fingerprint density at radius 3 is 2.78 bits per heavy atom. The molecular formula is C4H3ClO2S2. The number of rotatable bonds is 1. The van der Waals surface area contributed by atoms with Crippen LogP contribution in [0.3, 0.4) is 0 Å². The molecule has 0 saturated carbocycles. The molecule has 0 aromatic heterocycles. The molecular weight excluding hydrogens is 180 g/mol. The van der Waals surface area contributed by atoms with Crippen molar-refractivity contribution in [2.24, 2.45) is 0 Å². The zero-order chi connectivity index (χ0) is 6.85. The van der Waals surface area contributed by atoms with Crippen molar-refractivity contribution in [3.05, 3.63) is 10.4 Å². The standard InChI is InChI=1S/C4H3ClO2S2/c5-2-1-8-9-3(2)4(6)7/h1,3H,(H,6,7). The van der Waals surface area contributed by atoms with Gasteiger partial charge in [0.1, 0.15) is 5.25 Å². The smallest absolute Gasteiger partial charge is 0.323 e. The molecule has 9 heavy (non-hydrogen) atoms. The molecule has 1 atom stereocenters. The Kier molecular flexibility index (Phi) is 2.32. The van der Waals surface area contributed by atoms with Crippen molar-refractivity contribution in [3.8, 4) is 0 Å². The van der Waals surface area contributed by atoms with Crippen LogP contribution in [0.5, 0.6) is 0 Å². The monoisotopic (exact) mass is 182 g/mol. The van der Waals surface area contributed by atoms with E-state index in [1.807, 2.05) is 0 Å². The van der Waals surface area contributed by atoms with E-state index in [1.54, 1.807) is 5.41 Å². The molecule has 1 heterocycles. The summed E-state index contributed by atoms with van der Waals surface area (Å²) in [4.78, 5) is 10.3. The van der Waals surface area contributed by atoms with Crippen molar-refractivity contribution >= 4 is 39.2 Å². The van der Waals surface area contributed by atoms with Crippen LogP contribution in [0.1, 0.15) is 0 Å². The summed E-state index contributed by atoms with van der Waals surface area (Å²) in [6.45, 7) is 0. The Morgan fingerprint density at radius 2 is 2.56 bits per heavy atom. The van der Waals surface area contributed by atoms with Crippen molar-refractivity contribution < 1.29 is 9.90 Å². The number of carboxylic acids is 1. The highest BCUT2D eigenvalue weighted by Gasteiger charge is 2.25. The quantitative estimate of drug-likeness (QED) is 0.629. The number of aliphatic carboxylic acids is 1. The number of hydrogen-bond donors (Lipinski definition) is 1. The molecule has 0 aliphatic carbocycles. The fourth-order valence-corrected chi connectivity index (χ4v) is 3.17. The highest BCUT2D eigenvalue weighted by Crippen LogP contribution is 2.42. The third kappa shape index (κ3) is 1.56. The van der Waals surface area contributed by atoms with Crippen molar-refractivity contribution in [2.75, 3.05) is 0 Å². The van der Waals surface area contributed by atoms with E-state index in [4.69, 9.17) is 16.7 Å². The minimum absolute atomic E-state index is 0.414. The molecule has 1 aliphatic heterocycles. The van der Waals surface area contributed by atoms with Crippen molar-refractivity contribution in [1.82, 2.24) is 0 Å². The Labute approximate surface area is 65.0 Å². The summed E-state index contributed by atoms with van der Waals surface area (Å²) in [6.07, 6.45) is 0. The topological polar surface area (TPSA) is 37.3 Å². The van der Waals surface area contributed by atoms with Gasteiger partial charge in [-0.3, -0.25) is 4.79 Å². The molecule has 1 rings (SSSR count). The maximum Gasteiger partial charge on any atom is 0.323 e. The lowest BCUT2D eigenvalue weighted by Crippen LogP contribution is -2.12. The van der Waals surface area contributed by atoms with Crippen LogP contribution in [0.25, 0.3) is 0 Å². The van der Waals surface area contributed by atoms with Gasteiger partial charge in [0, 0.05) is 0 Å². The van der Waals surface area contributed by atoms with E-state index in [-0.39, 0.29) is 0 Å². The average Bonchev–Trinajstić information content (AvgIpc) is 2.13.